The summed E-state index contributed by atoms with van der Waals surface area (Å²) in [6.45, 7) is 6.38. The lowest BCUT2D eigenvalue weighted by Crippen LogP contribution is -2.40. The van der Waals surface area contributed by atoms with Crippen LogP contribution in [0.2, 0.25) is 5.02 Å². The number of nitrogens with one attached hydrogen (secondary N) is 2. The van der Waals surface area contributed by atoms with Gasteiger partial charge in [-0.3, -0.25) is 0 Å². The van der Waals surface area contributed by atoms with Gasteiger partial charge in [-0.2, -0.15) is 4.98 Å². The molecule has 176 valence electrons. The summed E-state index contributed by atoms with van der Waals surface area (Å²) in [4.78, 5) is 21.6. The van der Waals surface area contributed by atoms with Gasteiger partial charge in [0.25, 0.3) is 0 Å². The molecule has 1 aromatic heterocycles. The van der Waals surface area contributed by atoms with Crippen LogP contribution in [0.1, 0.15) is 62.4 Å². The van der Waals surface area contributed by atoms with E-state index in [1.54, 1.807) is 12.3 Å². The summed E-state index contributed by atoms with van der Waals surface area (Å²) in [5, 5.41) is 7.11. The zero-order valence-corrected chi connectivity index (χ0v) is 20.3. The van der Waals surface area contributed by atoms with E-state index in [0.29, 0.717) is 52.6 Å². The Kier molecular flexibility index (Phi) is 7.12. The standard InChI is InChI=1S/C23H30BClN4O4/c1-5-14-10-16(11-17(21(30)31-4)19(14)24-32-13-23(2,3)33-24)28-22-26-12-18(25)20(29-22)27-15-8-6-7-9-15/h10-12,15H,5-9,13H2,1-4H3,(H2,26,27,28,29). The molecule has 2 aliphatic rings. The number of aryl methyl sites for hydroxylation is 1. The summed E-state index contributed by atoms with van der Waals surface area (Å²) >= 11 is 6.32. The molecule has 8 nitrogen and oxygen atoms in total. The molecule has 0 bridgehead atoms. The van der Waals surface area contributed by atoms with Gasteiger partial charge in [0.05, 0.1) is 31.1 Å². The minimum atomic E-state index is -0.632. The predicted molar refractivity (Wildman–Crippen MR) is 130 cm³/mol. The fourth-order valence-electron chi connectivity index (χ4n) is 4.33. The van der Waals surface area contributed by atoms with Crippen LogP contribution in [-0.4, -0.2) is 48.4 Å². The van der Waals surface area contributed by atoms with Crippen molar-refractivity contribution in [2.45, 2.75) is 64.5 Å². The van der Waals surface area contributed by atoms with Crippen LogP contribution in [0, 0.1) is 0 Å². The lowest BCUT2D eigenvalue weighted by atomic mass is 9.72. The van der Waals surface area contributed by atoms with Gasteiger partial charge >= 0.3 is 13.1 Å². The Labute approximate surface area is 199 Å². The van der Waals surface area contributed by atoms with Gasteiger partial charge in [-0.1, -0.05) is 31.4 Å². The fourth-order valence-corrected chi connectivity index (χ4v) is 4.48. The highest BCUT2D eigenvalue weighted by Crippen LogP contribution is 2.28. The average Bonchev–Trinajstić information content (AvgIpc) is 3.43. The summed E-state index contributed by atoms with van der Waals surface area (Å²) in [5.74, 6) is 0.539. The molecule has 2 fully saturated rings. The van der Waals surface area contributed by atoms with Gasteiger partial charge in [-0.05, 0) is 50.8 Å². The van der Waals surface area contributed by atoms with E-state index in [2.05, 4.69) is 20.6 Å². The first-order chi connectivity index (χ1) is 15.8. The van der Waals surface area contributed by atoms with E-state index in [4.69, 9.17) is 25.6 Å². The second kappa shape index (κ2) is 9.87. The molecule has 1 saturated heterocycles. The van der Waals surface area contributed by atoms with Crippen molar-refractivity contribution in [3.8, 4) is 0 Å². The van der Waals surface area contributed by atoms with E-state index in [0.717, 1.165) is 18.4 Å². The number of carbonyl (C=O) groups is 1. The van der Waals surface area contributed by atoms with Crippen molar-refractivity contribution in [2.24, 2.45) is 0 Å². The molecule has 0 atom stereocenters. The number of rotatable bonds is 7. The van der Waals surface area contributed by atoms with Crippen LogP contribution in [0.3, 0.4) is 0 Å². The molecule has 33 heavy (non-hydrogen) atoms. The van der Waals surface area contributed by atoms with Crippen molar-refractivity contribution in [1.82, 2.24) is 9.97 Å². The van der Waals surface area contributed by atoms with Gasteiger partial charge in [0.2, 0.25) is 5.95 Å². The molecule has 4 rings (SSSR count). The zero-order chi connectivity index (χ0) is 23.6. The van der Waals surface area contributed by atoms with Crippen LogP contribution in [-0.2, 0) is 20.5 Å². The first-order valence-corrected chi connectivity index (χ1v) is 11.8. The van der Waals surface area contributed by atoms with E-state index >= 15 is 0 Å². The molecule has 10 heteroatoms. The predicted octanol–water partition coefficient (Wildman–Crippen LogP) is 4.10. The Morgan fingerprint density at radius 1 is 1.33 bits per heavy atom. The smallest absolute Gasteiger partial charge is 0.465 e. The average molecular weight is 473 g/mol. The summed E-state index contributed by atoms with van der Waals surface area (Å²) in [7, 11) is 0.730. The van der Waals surface area contributed by atoms with Crippen LogP contribution in [0.25, 0.3) is 0 Å². The number of anilines is 3. The normalized spacial score (nSPS) is 17.9. The SMILES string of the molecule is CCc1cc(Nc2ncc(Cl)c(NC3CCCC3)n2)cc(C(=O)OC)c1B1OCC(C)(C)O1. The number of halogens is 1. The summed E-state index contributed by atoms with van der Waals surface area (Å²) < 4.78 is 17.0. The minimum Gasteiger partial charge on any atom is -0.465 e. The van der Waals surface area contributed by atoms with Gasteiger partial charge < -0.3 is 24.7 Å². The molecule has 1 aliphatic carbocycles. The minimum absolute atomic E-state index is 0.373. The number of benzene rings is 1. The maximum Gasteiger partial charge on any atom is 0.495 e. The summed E-state index contributed by atoms with van der Waals surface area (Å²) in [6, 6.07) is 4.06. The van der Waals surface area contributed by atoms with Crippen molar-refractivity contribution in [2.75, 3.05) is 24.4 Å². The van der Waals surface area contributed by atoms with Crippen molar-refractivity contribution >= 4 is 47.6 Å². The number of methoxy groups -OCH3 is 1. The lowest BCUT2D eigenvalue weighted by Gasteiger charge is -2.20. The maximum absolute atomic E-state index is 12.7. The Hall–Kier alpha value is -2.36. The third-order valence-corrected chi connectivity index (χ3v) is 6.27. The van der Waals surface area contributed by atoms with Gasteiger partial charge in [0.15, 0.2) is 5.82 Å². The molecular formula is C23H30BClN4O4. The number of hydrogen-bond acceptors (Lipinski definition) is 8. The molecule has 0 spiro atoms. The third-order valence-electron chi connectivity index (χ3n) is 5.99. The van der Waals surface area contributed by atoms with Gasteiger partial charge in [-0.25, -0.2) is 9.78 Å². The van der Waals surface area contributed by atoms with E-state index in [1.807, 2.05) is 26.8 Å². The van der Waals surface area contributed by atoms with Crippen LogP contribution < -0.4 is 16.1 Å². The second-order valence-corrected chi connectivity index (χ2v) is 9.51. The molecule has 2 N–H and O–H groups in total. The number of esters is 1. The van der Waals surface area contributed by atoms with E-state index in [1.165, 1.54) is 20.0 Å². The van der Waals surface area contributed by atoms with Crippen LogP contribution in [0.5, 0.6) is 0 Å². The monoisotopic (exact) mass is 472 g/mol. The van der Waals surface area contributed by atoms with E-state index in [9.17, 15) is 4.79 Å². The van der Waals surface area contributed by atoms with E-state index < -0.39 is 18.7 Å². The van der Waals surface area contributed by atoms with Crippen molar-refractivity contribution in [1.29, 1.82) is 0 Å². The maximum atomic E-state index is 12.7. The highest BCUT2D eigenvalue weighted by Gasteiger charge is 2.41. The number of carbonyl (C=O) groups excluding carboxylic acids is 1. The van der Waals surface area contributed by atoms with Crippen molar-refractivity contribution in [3.05, 3.63) is 34.5 Å². The Balaban J connectivity index is 1.65. The highest BCUT2D eigenvalue weighted by molar-refractivity contribution is 6.64. The molecule has 2 heterocycles. The molecule has 1 aromatic carbocycles. The topological polar surface area (TPSA) is 94.6 Å². The molecule has 0 unspecified atom stereocenters. The summed E-state index contributed by atoms with van der Waals surface area (Å²) in [5.41, 5.74) is 2.24. The quantitative estimate of drug-likeness (QED) is 0.459. The number of nitrogens with zero attached hydrogens (tertiary/aromatic N) is 2. The molecule has 1 saturated carbocycles. The first kappa shape index (κ1) is 23.8. The largest absolute Gasteiger partial charge is 0.495 e. The fraction of sp³-hybridized carbons (Fsp3) is 0.522. The zero-order valence-electron chi connectivity index (χ0n) is 19.5. The van der Waals surface area contributed by atoms with Crippen molar-refractivity contribution < 1.29 is 18.8 Å². The Morgan fingerprint density at radius 2 is 2.09 bits per heavy atom. The third kappa shape index (κ3) is 5.42. The molecular weight excluding hydrogens is 443 g/mol. The molecule has 1 aliphatic heterocycles. The van der Waals surface area contributed by atoms with Gasteiger partial charge in [-0.15, -0.1) is 0 Å². The van der Waals surface area contributed by atoms with Crippen LogP contribution >= 0.6 is 11.6 Å². The Bertz CT molecular complexity index is 1030. The first-order valence-electron chi connectivity index (χ1n) is 11.4. The summed E-state index contributed by atoms with van der Waals surface area (Å²) in [6.07, 6.45) is 6.88. The van der Waals surface area contributed by atoms with E-state index in [-0.39, 0.29) is 0 Å². The number of ether oxygens (including phenoxy) is 1. The van der Waals surface area contributed by atoms with Gasteiger partial charge in [0, 0.05) is 17.2 Å². The molecule has 0 amide bonds. The number of aromatic nitrogens is 2. The highest BCUT2D eigenvalue weighted by atomic mass is 35.5. The lowest BCUT2D eigenvalue weighted by molar-refractivity contribution is 0.0601. The number of hydrogen-bond donors (Lipinski definition) is 2. The van der Waals surface area contributed by atoms with Gasteiger partial charge in [0.1, 0.15) is 5.02 Å². The molecule has 2 aromatic rings. The molecule has 0 radical (unpaired) electrons. The van der Waals surface area contributed by atoms with Crippen LogP contribution in [0.4, 0.5) is 17.5 Å². The second-order valence-electron chi connectivity index (χ2n) is 9.10. The Morgan fingerprint density at radius 3 is 2.73 bits per heavy atom. The van der Waals surface area contributed by atoms with Crippen LogP contribution in [0.15, 0.2) is 18.3 Å². The van der Waals surface area contributed by atoms with Crippen molar-refractivity contribution in [3.63, 3.8) is 0 Å².